The van der Waals surface area contributed by atoms with Gasteiger partial charge in [-0.15, -0.1) is 0 Å². The molecule has 114 valence electrons. The third kappa shape index (κ3) is 6.35. The fourth-order valence-electron chi connectivity index (χ4n) is 2.27. The molecule has 1 saturated carbocycles. The summed E-state index contributed by atoms with van der Waals surface area (Å²) in [6.45, 7) is 1.55. The standard InChI is InChI=1S/C13H23N3O3S/c1-11(13(17)15-12-7-3-4-8-12)16-20(18,19)10-6-2-5-9-14/h11-12,16H,2-8,10H2,1H3,(H,15,17)/t11-/m0/s1. The molecule has 0 spiro atoms. The lowest BCUT2D eigenvalue weighted by Crippen LogP contribution is -2.47. The van der Waals surface area contributed by atoms with Crippen LogP contribution in [0.3, 0.4) is 0 Å². The summed E-state index contributed by atoms with van der Waals surface area (Å²) in [6, 6.07) is 1.41. The first-order valence-corrected chi connectivity index (χ1v) is 8.77. The largest absolute Gasteiger partial charge is 0.352 e. The maximum Gasteiger partial charge on any atom is 0.238 e. The van der Waals surface area contributed by atoms with E-state index < -0.39 is 16.1 Å². The lowest BCUT2D eigenvalue weighted by Gasteiger charge is -2.17. The number of amides is 1. The normalized spacial score (nSPS) is 17.6. The molecule has 0 aromatic rings. The Balaban J connectivity index is 2.33. The maximum atomic E-state index is 11.9. The molecule has 0 bridgehead atoms. The Kier molecular flexibility index (Phi) is 6.96. The Hall–Kier alpha value is -1.13. The Labute approximate surface area is 121 Å². The van der Waals surface area contributed by atoms with E-state index in [1.807, 2.05) is 6.07 Å². The van der Waals surface area contributed by atoms with Gasteiger partial charge in [0.1, 0.15) is 0 Å². The third-order valence-electron chi connectivity index (χ3n) is 3.40. The Morgan fingerprint density at radius 3 is 2.60 bits per heavy atom. The number of carbonyl (C=O) groups excluding carboxylic acids is 1. The quantitative estimate of drug-likeness (QED) is 0.654. The summed E-state index contributed by atoms with van der Waals surface area (Å²) in [7, 11) is -3.46. The van der Waals surface area contributed by atoms with E-state index in [-0.39, 0.29) is 17.7 Å². The van der Waals surface area contributed by atoms with Gasteiger partial charge >= 0.3 is 0 Å². The summed E-state index contributed by atoms with van der Waals surface area (Å²) >= 11 is 0. The highest BCUT2D eigenvalue weighted by Gasteiger charge is 2.23. The zero-order chi connectivity index (χ0) is 15.0. The van der Waals surface area contributed by atoms with E-state index in [9.17, 15) is 13.2 Å². The second-order valence-electron chi connectivity index (χ2n) is 5.26. The Bertz CT molecular complexity index is 450. The van der Waals surface area contributed by atoms with E-state index in [0.717, 1.165) is 25.7 Å². The summed E-state index contributed by atoms with van der Waals surface area (Å²) in [5, 5.41) is 11.3. The van der Waals surface area contributed by atoms with Gasteiger partial charge in [0.25, 0.3) is 0 Å². The van der Waals surface area contributed by atoms with Crippen LogP contribution in [0.25, 0.3) is 0 Å². The van der Waals surface area contributed by atoms with Gasteiger partial charge in [-0.25, -0.2) is 13.1 Å². The van der Waals surface area contributed by atoms with Crippen LogP contribution >= 0.6 is 0 Å². The molecule has 0 radical (unpaired) electrons. The van der Waals surface area contributed by atoms with Crippen molar-refractivity contribution in [1.29, 1.82) is 5.26 Å². The molecule has 1 aliphatic carbocycles. The molecule has 7 heteroatoms. The molecule has 0 saturated heterocycles. The number of nitriles is 1. The van der Waals surface area contributed by atoms with Crippen LogP contribution in [0.15, 0.2) is 0 Å². The van der Waals surface area contributed by atoms with Crippen LogP contribution in [-0.4, -0.2) is 32.2 Å². The summed E-state index contributed by atoms with van der Waals surface area (Å²) < 4.78 is 25.9. The molecule has 0 heterocycles. The van der Waals surface area contributed by atoms with Gasteiger partial charge in [-0.05, 0) is 32.6 Å². The summed E-state index contributed by atoms with van der Waals surface area (Å²) in [4.78, 5) is 11.9. The first-order valence-electron chi connectivity index (χ1n) is 7.12. The zero-order valence-electron chi connectivity index (χ0n) is 11.9. The molecule has 1 amide bonds. The van der Waals surface area contributed by atoms with E-state index in [1.165, 1.54) is 0 Å². The molecule has 1 atom stereocenters. The first kappa shape index (κ1) is 16.9. The van der Waals surface area contributed by atoms with Crippen molar-refractivity contribution >= 4 is 15.9 Å². The topological polar surface area (TPSA) is 99.1 Å². The van der Waals surface area contributed by atoms with Crippen molar-refractivity contribution in [2.75, 3.05) is 5.75 Å². The summed E-state index contributed by atoms with van der Waals surface area (Å²) in [5.41, 5.74) is 0. The minimum atomic E-state index is -3.46. The van der Waals surface area contributed by atoms with E-state index in [2.05, 4.69) is 10.0 Å². The highest BCUT2D eigenvalue weighted by Crippen LogP contribution is 2.17. The van der Waals surface area contributed by atoms with Crippen molar-refractivity contribution < 1.29 is 13.2 Å². The van der Waals surface area contributed by atoms with Crippen molar-refractivity contribution in [3.8, 4) is 6.07 Å². The highest BCUT2D eigenvalue weighted by atomic mass is 32.2. The number of hydrogen-bond donors (Lipinski definition) is 2. The number of unbranched alkanes of at least 4 members (excludes halogenated alkanes) is 2. The molecule has 1 rings (SSSR count). The SMILES string of the molecule is C[C@H](NS(=O)(=O)CCCCC#N)C(=O)NC1CCCC1. The number of hydrogen-bond acceptors (Lipinski definition) is 4. The fourth-order valence-corrected chi connectivity index (χ4v) is 3.62. The molecule has 20 heavy (non-hydrogen) atoms. The van der Waals surface area contributed by atoms with Gasteiger partial charge in [-0.2, -0.15) is 5.26 Å². The van der Waals surface area contributed by atoms with Gasteiger partial charge in [0.2, 0.25) is 15.9 Å². The van der Waals surface area contributed by atoms with Crippen LogP contribution in [0, 0.1) is 11.3 Å². The molecule has 2 N–H and O–H groups in total. The Morgan fingerprint density at radius 2 is 2.00 bits per heavy atom. The molecule has 1 aliphatic rings. The molecule has 1 fully saturated rings. The molecule has 0 unspecified atom stereocenters. The van der Waals surface area contributed by atoms with E-state index in [0.29, 0.717) is 19.3 Å². The van der Waals surface area contributed by atoms with Crippen molar-refractivity contribution in [1.82, 2.24) is 10.0 Å². The molecule has 0 aromatic carbocycles. The van der Waals surface area contributed by atoms with Gasteiger partial charge in [0, 0.05) is 12.5 Å². The minimum absolute atomic E-state index is 0.0459. The average Bonchev–Trinajstić information content (AvgIpc) is 2.87. The van der Waals surface area contributed by atoms with E-state index >= 15 is 0 Å². The van der Waals surface area contributed by atoms with Gasteiger partial charge in [0.15, 0.2) is 0 Å². The van der Waals surface area contributed by atoms with E-state index in [4.69, 9.17) is 5.26 Å². The van der Waals surface area contributed by atoms with Crippen LogP contribution in [0.5, 0.6) is 0 Å². The van der Waals surface area contributed by atoms with E-state index in [1.54, 1.807) is 6.92 Å². The van der Waals surface area contributed by atoms with Crippen molar-refractivity contribution in [2.45, 2.75) is 64.0 Å². The predicted octanol–water partition coefficient (Wildman–Crippen LogP) is 1.05. The molecular weight excluding hydrogens is 278 g/mol. The lowest BCUT2D eigenvalue weighted by molar-refractivity contribution is -0.123. The smallest absolute Gasteiger partial charge is 0.238 e. The number of carbonyl (C=O) groups is 1. The minimum Gasteiger partial charge on any atom is -0.352 e. The van der Waals surface area contributed by atoms with Crippen molar-refractivity contribution in [3.05, 3.63) is 0 Å². The van der Waals surface area contributed by atoms with Gasteiger partial charge in [-0.3, -0.25) is 4.79 Å². The monoisotopic (exact) mass is 301 g/mol. The lowest BCUT2D eigenvalue weighted by atomic mass is 10.2. The van der Waals surface area contributed by atoms with Gasteiger partial charge in [-0.1, -0.05) is 12.8 Å². The second-order valence-corrected chi connectivity index (χ2v) is 7.14. The number of rotatable bonds is 8. The van der Waals surface area contributed by atoms with Crippen LogP contribution in [0.4, 0.5) is 0 Å². The predicted molar refractivity (Wildman–Crippen MR) is 76.2 cm³/mol. The first-order chi connectivity index (χ1) is 9.44. The van der Waals surface area contributed by atoms with Gasteiger partial charge < -0.3 is 5.32 Å². The third-order valence-corrected chi connectivity index (χ3v) is 4.94. The van der Waals surface area contributed by atoms with Crippen molar-refractivity contribution in [2.24, 2.45) is 0 Å². The van der Waals surface area contributed by atoms with Gasteiger partial charge in [0.05, 0.1) is 17.9 Å². The number of nitrogens with zero attached hydrogens (tertiary/aromatic N) is 1. The molecule has 0 aromatic heterocycles. The van der Waals surface area contributed by atoms with Crippen LogP contribution in [-0.2, 0) is 14.8 Å². The number of nitrogens with one attached hydrogen (secondary N) is 2. The zero-order valence-corrected chi connectivity index (χ0v) is 12.7. The maximum absolute atomic E-state index is 11.9. The fraction of sp³-hybridized carbons (Fsp3) is 0.846. The summed E-state index contributed by atoms with van der Waals surface area (Å²) in [6.07, 6.45) is 5.51. The van der Waals surface area contributed by atoms with Crippen LogP contribution in [0.1, 0.15) is 51.9 Å². The summed E-state index contributed by atoms with van der Waals surface area (Å²) in [5.74, 6) is -0.312. The average molecular weight is 301 g/mol. The molecule has 0 aliphatic heterocycles. The Morgan fingerprint density at radius 1 is 1.35 bits per heavy atom. The molecule has 6 nitrogen and oxygen atoms in total. The van der Waals surface area contributed by atoms with Crippen LogP contribution in [0.2, 0.25) is 0 Å². The van der Waals surface area contributed by atoms with Crippen LogP contribution < -0.4 is 10.0 Å². The molecular formula is C13H23N3O3S. The highest BCUT2D eigenvalue weighted by molar-refractivity contribution is 7.89. The van der Waals surface area contributed by atoms with Crippen molar-refractivity contribution in [3.63, 3.8) is 0 Å². The number of sulfonamides is 1. The second kappa shape index (κ2) is 8.22.